The maximum atomic E-state index is 12.1. The van der Waals surface area contributed by atoms with Crippen LogP contribution in [0.4, 0.5) is 5.13 Å². The predicted molar refractivity (Wildman–Crippen MR) is 113 cm³/mol. The summed E-state index contributed by atoms with van der Waals surface area (Å²) < 4.78 is 0.858. The molecule has 2 amide bonds. The summed E-state index contributed by atoms with van der Waals surface area (Å²) in [6, 6.07) is 17.1. The van der Waals surface area contributed by atoms with E-state index < -0.39 is 0 Å². The van der Waals surface area contributed by atoms with Gasteiger partial charge < -0.3 is 10.6 Å². The van der Waals surface area contributed by atoms with Crippen molar-refractivity contribution >= 4 is 44.2 Å². The van der Waals surface area contributed by atoms with Crippen LogP contribution in [0.25, 0.3) is 0 Å². The maximum absolute atomic E-state index is 12.1. The van der Waals surface area contributed by atoms with Gasteiger partial charge in [0.2, 0.25) is 11.0 Å². The van der Waals surface area contributed by atoms with Gasteiger partial charge in [-0.05, 0) is 30.2 Å². The van der Waals surface area contributed by atoms with E-state index in [4.69, 9.17) is 0 Å². The lowest BCUT2D eigenvalue weighted by atomic mass is 10.1. The van der Waals surface area contributed by atoms with Crippen LogP contribution in [0.1, 0.15) is 27.3 Å². The second-order valence-electron chi connectivity index (χ2n) is 6.05. The fraction of sp³-hybridized carbons (Fsp3) is 0.200. The number of nitrogens with zero attached hydrogens (tertiary/aromatic N) is 2. The molecule has 3 rings (SSSR count). The second-order valence-corrected chi connectivity index (χ2v) is 8.03. The van der Waals surface area contributed by atoms with Crippen LogP contribution in [0.5, 0.6) is 0 Å². The van der Waals surface area contributed by atoms with Crippen LogP contribution in [-0.2, 0) is 17.6 Å². The molecular weight excluding hydrogens is 440 g/mol. The minimum Gasteiger partial charge on any atom is -0.352 e. The Hall–Kier alpha value is -2.58. The Kier molecular flexibility index (Phi) is 7.27. The standard InChI is InChI=1S/C20H19BrN4O2S/c21-16-8-4-7-15(13-16)19(27)22-12-11-18-24-25-20(28-18)23-17(26)10-9-14-5-2-1-3-6-14/h1-8,13H,9-12H2,(H,22,27)(H,23,25,26). The molecule has 0 spiro atoms. The molecule has 0 saturated heterocycles. The van der Waals surface area contributed by atoms with Crippen LogP contribution >= 0.6 is 27.3 Å². The molecule has 2 aromatic carbocycles. The van der Waals surface area contributed by atoms with Crippen molar-refractivity contribution in [1.29, 1.82) is 0 Å². The van der Waals surface area contributed by atoms with Gasteiger partial charge in [-0.2, -0.15) is 0 Å². The number of aromatic nitrogens is 2. The van der Waals surface area contributed by atoms with Crippen molar-refractivity contribution in [1.82, 2.24) is 15.5 Å². The first-order chi connectivity index (χ1) is 13.6. The lowest BCUT2D eigenvalue weighted by Crippen LogP contribution is -2.25. The molecule has 0 radical (unpaired) electrons. The number of amides is 2. The maximum Gasteiger partial charge on any atom is 0.251 e. The number of nitrogens with one attached hydrogen (secondary N) is 2. The number of aryl methyl sites for hydroxylation is 1. The topological polar surface area (TPSA) is 84.0 Å². The van der Waals surface area contributed by atoms with Gasteiger partial charge in [-0.15, -0.1) is 10.2 Å². The van der Waals surface area contributed by atoms with Crippen LogP contribution in [-0.4, -0.2) is 28.6 Å². The number of halogens is 1. The van der Waals surface area contributed by atoms with Crippen molar-refractivity contribution in [3.05, 3.63) is 75.2 Å². The van der Waals surface area contributed by atoms with E-state index >= 15 is 0 Å². The summed E-state index contributed by atoms with van der Waals surface area (Å²) in [6.07, 6.45) is 1.62. The Morgan fingerprint density at radius 1 is 1.00 bits per heavy atom. The SMILES string of the molecule is O=C(CCc1ccccc1)Nc1nnc(CCNC(=O)c2cccc(Br)c2)s1. The summed E-state index contributed by atoms with van der Waals surface area (Å²) in [5.74, 6) is -0.227. The van der Waals surface area contributed by atoms with E-state index in [1.54, 1.807) is 12.1 Å². The highest BCUT2D eigenvalue weighted by atomic mass is 79.9. The van der Waals surface area contributed by atoms with E-state index in [1.165, 1.54) is 11.3 Å². The number of hydrogen-bond donors (Lipinski definition) is 2. The molecule has 2 N–H and O–H groups in total. The van der Waals surface area contributed by atoms with Crippen molar-refractivity contribution in [2.45, 2.75) is 19.3 Å². The number of carbonyl (C=O) groups is 2. The van der Waals surface area contributed by atoms with Gasteiger partial charge in [-0.3, -0.25) is 9.59 Å². The van der Waals surface area contributed by atoms with Gasteiger partial charge in [0.15, 0.2) is 0 Å². The van der Waals surface area contributed by atoms with Gasteiger partial charge in [0.25, 0.3) is 5.91 Å². The summed E-state index contributed by atoms with van der Waals surface area (Å²) in [5.41, 5.74) is 1.72. The molecule has 0 fully saturated rings. The van der Waals surface area contributed by atoms with Crippen LogP contribution in [0, 0.1) is 0 Å². The summed E-state index contributed by atoms with van der Waals surface area (Å²) >= 11 is 4.67. The summed E-state index contributed by atoms with van der Waals surface area (Å²) in [5, 5.41) is 14.9. The second kappa shape index (κ2) is 10.1. The van der Waals surface area contributed by atoms with Gasteiger partial charge in [0, 0.05) is 29.4 Å². The molecular formula is C20H19BrN4O2S. The van der Waals surface area contributed by atoms with Gasteiger partial charge in [0.1, 0.15) is 5.01 Å². The quantitative estimate of drug-likeness (QED) is 0.536. The van der Waals surface area contributed by atoms with Crippen molar-refractivity contribution in [2.24, 2.45) is 0 Å². The summed E-state index contributed by atoms with van der Waals surface area (Å²) in [4.78, 5) is 24.2. The van der Waals surface area contributed by atoms with Gasteiger partial charge >= 0.3 is 0 Å². The Balaban J connectivity index is 1.41. The third-order valence-corrected chi connectivity index (χ3v) is 5.30. The molecule has 0 unspecified atom stereocenters. The Bertz CT molecular complexity index is 946. The van der Waals surface area contributed by atoms with Crippen LogP contribution < -0.4 is 10.6 Å². The van der Waals surface area contributed by atoms with Gasteiger partial charge in [0.05, 0.1) is 0 Å². The van der Waals surface area contributed by atoms with E-state index in [2.05, 4.69) is 36.8 Å². The fourth-order valence-corrected chi connectivity index (χ4v) is 3.66. The van der Waals surface area contributed by atoms with E-state index in [-0.39, 0.29) is 11.8 Å². The molecule has 0 saturated carbocycles. The molecule has 0 aliphatic heterocycles. The first-order valence-electron chi connectivity index (χ1n) is 8.80. The zero-order valence-electron chi connectivity index (χ0n) is 15.0. The van der Waals surface area contributed by atoms with Gasteiger partial charge in [-0.25, -0.2) is 0 Å². The van der Waals surface area contributed by atoms with Crippen molar-refractivity contribution in [2.75, 3.05) is 11.9 Å². The zero-order valence-corrected chi connectivity index (χ0v) is 17.4. The fourth-order valence-electron chi connectivity index (χ4n) is 2.50. The Labute approximate surface area is 175 Å². The molecule has 1 heterocycles. The largest absolute Gasteiger partial charge is 0.352 e. The Morgan fingerprint density at radius 2 is 1.82 bits per heavy atom. The minimum absolute atomic E-state index is 0.0884. The highest BCUT2D eigenvalue weighted by Crippen LogP contribution is 2.16. The number of benzene rings is 2. The third-order valence-electron chi connectivity index (χ3n) is 3.91. The molecule has 6 nitrogen and oxygen atoms in total. The first kappa shape index (κ1) is 20.2. The van der Waals surface area contributed by atoms with Crippen molar-refractivity contribution in [3.63, 3.8) is 0 Å². The van der Waals surface area contributed by atoms with E-state index in [9.17, 15) is 9.59 Å². The first-order valence-corrected chi connectivity index (χ1v) is 10.4. The van der Waals surface area contributed by atoms with Crippen molar-refractivity contribution < 1.29 is 9.59 Å². The molecule has 144 valence electrons. The molecule has 28 heavy (non-hydrogen) atoms. The molecule has 0 aliphatic carbocycles. The van der Waals surface area contributed by atoms with E-state index in [1.807, 2.05) is 42.5 Å². The highest BCUT2D eigenvalue weighted by Gasteiger charge is 2.10. The third kappa shape index (κ3) is 6.24. The molecule has 8 heteroatoms. The van der Waals surface area contributed by atoms with Crippen LogP contribution in [0.3, 0.4) is 0 Å². The lowest BCUT2D eigenvalue weighted by Gasteiger charge is -2.04. The molecule has 1 aromatic heterocycles. The van der Waals surface area contributed by atoms with Crippen LogP contribution in [0.15, 0.2) is 59.1 Å². The summed E-state index contributed by atoms with van der Waals surface area (Å²) in [7, 11) is 0. The number of carbonyl (C=O) groups excluding carboxylic acids is 2. The normalized spacial score (nSPS) is 10.5. The van der Waals surface area contributed by atoms with E-state index in [0.29, 0.717) is 36.5 Å². The van der Waals surface area contributed by atoms with E-state index in [0.717, 1.165) is 15.0 Å². The lowest BCUT2D eigenvalue weighted by molar-refractivity contribution is -0.116. The number of rotatable bonds is 8. The summed E-state index contributed by atoms with van der Waals surface area (Å²) in [6.45, 7) is 0.446. The van der Waals surface area contributed by atoms with Crippen molar-refractivity contribution in [3.8, 4) is 0 Å². The predicted octanol–water partition coefficient (Wildman–Crippen LogP) is 3.84. The average Bonchev–Trinajstić information content (AvgIpc) is 3.14. The smallest absolute Gasteiger partial charge is 0.251 e. The number of hydrogen-bond acceptors (Lipinski definition) is 5. The monoisotopic (exact) mass is 458 g/mol. The molecule has 0 aliphatic rings. The van der Waals surface area contributed by atoms with Gasteiger partial charge in [-0.1, -0.05) is 63.7 Å². The minimum atomic E-state index is -0.139. The molecule has 0 atom stereocenters. The Morgan fingerprint density at radius 3 is 2.61 bits per heavy atom. The zero-order chi connectivity index (χ0) is 19.8. The van der Waals surface area contributed by atoms with Crippen LogP contribution in [0.2, 0.25) is 0 Å². The average molecular weight is 459 g/mol. The molecule has 0 bridgehead atoms. The molecule has 3 aromatic rings. The number of anilines is 1. The highest BCUT2D eigenvalue weighted by molar-refractivity contribution is 9.10.